The number of benzene rings is 2. The quantitative estimate of drug-likeness (QED) is 0.397. The Hall–Kier alpha value is -2.76. The van der Waals surface area contributed by atoms with Crippen LogP contribution >= 0.6 is 11.6 Å². The van der Waals surface area contributed by atoms with Gasteiger partial charge in [-0.1, -0.05) is 23.7 Å². The monoisotopic (exact) mass is 438 g/mol. The predicted molar refractivity (Wildman–Crippen MR) is 124 cm³/mol. The van der Waals surface area contributed by atoms with E-state index in [0.717, 1.165) is 42.6 Å². The molecule has 0 spiro atoms. The molecule has 1 aliphatic heterocycles. The first-order chi connectivity index (χ1) is 15.0. The van der Waals surface area contributed by atoms with Gasteiger partial charge >= 0.3 is 5.97 Å². The van der Waals surface area contributed by atoms with Crippen molar-refractivity contribution >= 4 is 23.3 Å². The molecule has 0 bridgehead atoms. The van der Waals surface area contributed by atoms with Crippen LogP contribution < -0.4 is 11.1 Å². The van der Waals surface area contributed by atoms with Gasteiger partial charge in [0, 0.05) is 28.3 Å². The summed E-state index contributed by atoms with van der Waals surface area (Å²) in [6, 6.07) is 15.5. The molecule has 6 heteroatoms. The molecule has 0 saturated carbocycles. The van der Waals surface area contributed by atoms with Gasteiger partial charge in [-0.2, -0.15) is 0 Å². The van der Waals surface area contributed by atoms with Gasteiger partial charge in [-0.15, -0.1) is 0 Å². The molecule has 31 heavy (non-hydrogen) atoms. The second-order valence-corrected chi connectivity index (χ2v) is 8.29. The highest BCUT2D eigenvalue weighted by molar-refractivity contribution is 6.30. The molecule has 3 N–H and O–H groups in total. The van der Waals surface area contributed by atoms with Crippen LogP contribution in [0, 0.1) is 0 Å². The average Bonchev–Trinajstić information content (AvgIpc) is 3.20. The van der Waals surface area contributed by atoms with Crippen LogP contribution in [0.5, 0.6) is 0 Å². The van der Waals surface area contributed by atoms with Crippen LogP contribution in [0.2, 0.25) is 5.02 Å². The molecule has 1 saturated heterocycles. The molecule has 2 aromatic carbocycles. The molecule has 4 rings (SSSR count). The molecular weight excluding hydrogens is 412 g/mol. The third kappa shape index (κ3) is 4.94. The molecular formula is C25H27ClN2O3. The largest absolute Gasteiger partial charge is 0.460 e. The number of hydrogen-bond acceptors (Lipinski definition) is 5. The number of nitrogen functional groups attached to an aromatic ring is 1. The SMILES string of the molecule is CCOC(=O)c1oc(-c2ccc(Cl)cc2)cc1Cc1cc(C2CCNCC2)ccc1N. The molecule has 1 aromatic heterocycles. The van der Waals surface area contributed by atoms with E-state index in [1.165, 1.54) is 5.56 Å². The molecule has 2 heterocycles. The van der Waals surface area contributed by atoms with Crippen LogP contribution in [-0.4, -0.2) is 25.7 Å². The summed E-state index contributed by atoms with van der Waals surface area (Å²) in [6.45, 7) is 4.12. The first-order valence-corrected chi connectivity index (χ1v) is 11.1. The predicted octanol–water partition coefficient (Wildman–Crippen LogP) is 5.42. The lowest BCUT2D eigenvalue weighted by atomic mass is 9.88. The van der Waals surface area contributed by atoms with E-state index in [4.69, 9.17) is 26.5 Å². The van der Waals surface area contributed by atoms with E-state index in [2.05, 4.69) is 17.4 Å². The lowest BCUT2D eigenvalue weighted by Gasteiger charge is -2.23. The number of rotatable bonds is 6. The molecule has 3 aromatic rings. The van der Waals surface area contributed by atoms with Crippen molar-refractivity contribution in [1.29, 1.82) is 0 Å². The maximum Gasteiger partial charge on any atom is 0.374 e. The van der Waals surface area contributed by atoms with Gasteiger partial charge in [0.2, 0.25) is 5.76 Å². The van der Waals surface area contributed by atoms with Crippen molar-refractivity contribution < 1.29 is 13.9 Å². The van der Waals surface area contributed by atoms with Crippen LogP contribution in [0.3, 0.4) is 0 Å². The van der Waals surface area contributed by atoms with Crippen molar-refractivity contribution in [1.82, 2.24) is 5.32 Å². The summed E-state index contributed by atoms with van der Waals surface area (Å²) in [5.74, 6) is 0.881. The van der Waals surface area contributed by atoms with E-state index in [1.807, 2.05) is 24.3 Å². The number of ether oxygens (including phenoxy) is 1. The number of piperidine rings is 1. The standard InChI is InChI=1S/C25H27ClN2O3/c1-2-30-25(29)24-20(15-23(31-24)17-3-6-21(26)7-4-17)14-19-13-18(5-8-22(19)27)16-9-11-28-12-10-16/h3-8,13,15-16,28H,2,9-12,14,27H2,1H3. The number of carbonyl (C=O) groups excluding carboxylic acids is 1. The van der Waals surface area contributed by atoms with E-state index in [1.54, 1.807) is 19.1 Å². The number of nitrogens with one attached hydrogen (secondary N) is 1. The Morgan fingerprint density at radius 3 is 2.58 bits per heavy atom. The van der Waals surface area contributed by atoms with Gasteiger partial charge in [0.15, 0.2) is 0 Å². The summed E-state index contributed by atoms with van der Waals surface area (Å²) in [5, 5.41) is 4.05. The van der Waals surface area contributed by atoms with Gasteiger partial charge in [-0.3, -0.25) is 0 Å². The second-order valence-electron chi connectivity index (χ2n) is 7.85. The van der Waals surface area contributed by atoms with E-state index >= 15 is 0 Å². The summed E-state index contributed by atoms with van der Waals surface area (Å²) < 4.78 is 11.2. The lowest BCUT2D eigenvalue weighted by Crippen LogP contribution is -2.26. The zero-order chi connectivity index (χ0) is 21.8. The fraction of sp³-hybridized carbons (Fsp3) is 0.320. The number of hydrogen-bond donors (Lipinski definition) is 2. The lowest BCUT2D eigenvalue weighted by molar-refractivity contribution is 0.0489. The van der Waals surface area contributed by atoms with Gasteiger partial charge in [-0.25, -0.2) is 4.79 Å². The van der Waals surface area contributed by atoms with Gasteiger partial charge in [0.25, 0.3) is 0 Å². The van der Waals surface area contributed by atoms with Crippen LogP contribution in [0.1, 0.15) is 52.9 Å². The maximum absolute atomic E-state index is 12.6. The molecule has 0 unspecified atom stereocenters. The highest BCUT2D eigenvalue weighted by Crippen LogP contribution is 2.32. The van der Waals surface area contributed by atoms with Crippen molar-refractivity contribution in [3.8, 4) is 11.3 Å². The topological polar surface area (TPSA) is 77.5 Å². The first-order valence-electron chi connectivity index (χ1n) is 10.7. The molecule has 0 radical (unpaired) electrons. The minimum Gasteiger partial charge on any atom is -0.460 e. The van der Waals surface area contributed by atoms with Crippen LogP contribution in [0.4, 0.5) is 5.69 Å². The number of furan rings is 1. The number of halogens is 1. The fourth-order valence-electron chi connectivity index (χ4n) is 4.08. The Morgan fingerprint density at radius 2 is 1.87 bits per heavy atom. The molecule has 5 nitrogen and oxygen atoms in total. The Kier molecular flexibility index (Phi) is 6.64. The van der Waals surface area contributed by atoms with E-state index in [9.17, 15) is 4.79 Å². The van der Waals surface area contributed by atoms with Crippen LogP contribution in [-0.2, 0) is 11.2 Å². The average molecular weight is 439 g/mol. The molecule has 0 aliphatic carbocycles. The normalized spacial score (nSPS) is 14.5. The molecule has 162 valence electrons. The van der Waals surface area contributed by atoms with Crippen LogP contribution in [0.15, 0.2) is 52.9 Å². The summed E-state index contributed by atoms with van der Waals surface area (Å²) >= 11 is 6.01. The van der Waals surface area contributed by atoms with Crippen molar-refractivity contribution in [2.45, 2.75) is 32.1 Å². The second kappa shape index (κ2) is 9.58. The Balaban J connectivity index is 1.68. The number of carbonyl (C=O) groups is 1. The van der Waals surface area contributed by atoms with Gasteiger partial charge < -0.3 is 20.2 Å². The highest BCUT2D eigenvalue weighted by atomic mass is 35.5. The van der Waals surface area contributed by atoms with E-state index < -0.39 is 5.97 Å². The third-order valence-electron chi connectivity index (χ3n) is 5.76. The minimum atomic E-state index is -0.467. The first kappa shape index (κ1) is 21.5. The Labute approximate surface area is 187 Å². The Bertz CT molecular complexity index is 1050. The van der Waals surface area contributed by atoms with Crippen molar-refractivity contribution in [3.63, 3.8) is 0 Å². The van der Waals surface area contributed by atoms with Gasteiger partial charge in [-0.05, 0) is 86.3 Å². The van der Waals surface area contributed by atoms with E-state index in [-0.39, 0.29) is 12.4 Å². The van der Waals surface area contributed by atoms with Gasteiger partial charge in [0.1, 0.15) is 5.76 Å². The van der Waals surface area contributed by atoms with Crippen LogP contribution in [0.25, 0.3) is 11.3 Å². The number of esters is 1. The van der Waals surface area contributed by atoms with Crippen molar-refractivity contribution in [2.24, 2.45) is 0 Å². The minimum absolute atomic E-state index is 0.221. The summed E-state index contributed by atoms with van der Waals surface area (Å²) in [7, 11) is 0. The Morgan fingerprint density at radius 1 is 1.13 bits per heavy atom. The van der Waals surface area contributed by atoms with Crippen molar-refractivity contribution in [3.05, 3.63) is 76.0 Å². The zero-order valence-electron chi connectivity index (χ0n) is 17.6. The molecule has 0 atom stereocenters. The molecule has 1 aliphatic rings. The number of anilines is 1. The van der Waals surface area contributed by atoms with Gasteiger partial charge in [0.05, 0.1) is 6.61 Å². The third-order valence-corrected chi connectivity index (χ3v) is 6.01. The maximum atomic E-state index is 12.6. The summed E-state index contributed by atoms with van der Waals surface area (Å²) in [4.78, 5) is 12.6. The number of nitrogens with two attached hydrogens (primary N) is 1. The van der Waals surface area contributed by atoms with E-state index in [0.29, 0.717) is 28.8 Å². The smallest absolute Gasteiger partial charge is 0.374 e. The highest BCUT2D eigenvalue weighted by Gasteiger charge is 2.22. The fourth-order valence-corrected chi connectivity index (χ4v) is 4.21. The molecule has 0 amide bonds. The summed E-state index contributed by atoms with van der Waals surface area (Å²) in [5.41, 5.74) is 10.9. The molecule has 1 fully saturated rings. The summed E-state index contributed by atoms with van der Waals surface area (Å²) in [6.07, 6.45) is 2.73. The zero-order valence-corrected chi connectivity index (χ0v) is 18.4. The van der Waals surface area contributed by atoms with Crippen molar-refractivity contribution in [2.75, 3.05) is 25.4 Å².